The zero-order valence-corrected chi connectivity index (χ0v) is 14.6. The third-order valence-corrected chi connectivity index (χ3v) is 4.35. The van der Waals surface area contributed by atoms with Gasteiger partial charge in [-0.25, -0.2) is 0 Å². The molecule has 3 rings (SSSR count). The van der Waals surface area contributed by atoms with Crippen molar-refractivity contribution in [1.29, 1.82) is 0 Å². The zero-order chi connectivity index (χ0) is 18.7. The van der Waals surface area contributed by atoms with E-state index in [1.165, 1.54) is 0 Å². The smallest absolute Gasteiger partial charge is 0.254 e. The second-order valence-corrected chi connectivity index (χ2v) is 6.18. The van der Waals surface area contributed by atoms with Crippen LogP contribution in [0.25, 0.3) is 0 Å². The van der Waals surface area contributed by atoms with Crippen molar-refractivity contribution in [3.8, 4) is 0 Å². The highest BCUT2D eigenvalue weighted by molar-refractivity contribution is 6.09. The molecule has 0 radical (unpaired) electrons. The number of aryl methyl sites for hydroxylation is 2. The summed E-state index contributed by atoms with van der Waals surface area (Å²) in [6.45, 7) is 3.90. The van der Waals surface area contributed by atoms with Crippen LogP contribution in [0, 0.1) is 13.8 Å². The minimum Gasteiger partial charge on any atom is -0.361 e. The number of fused-ring (bicyclic) bond motifs is 1. The number of rotatable bonds is 5. The molecule has 8 nitrogen and oxygen atoms in total. The van der Waals surface area contributed by atoms with E-state index in [0.717, 1.165) is 11.3 Å². The maximum absolute atomic E-state index is 12.3. The van der Waals surface area contributed by atoms with E-state index in [1.807, 2.05) is 0 Å². The molecule has 3 amide bonds. The second-order valence-electron chi connectivity index (χ2n) is 6.18. The van der Waals surface area contributed by atoms with E-state index in [-0.39, 0.29) is 30.6 Å². The lowest BCUT2D eigenvalue weighted by atomic mass is 10.1. The van der Waals surface area contributed by atoms with Crippen molar-refractivity contribution in [2.75, 3.05) is 5.32 Å². The molecule has 0 saturated heterocycles. The lowest BCUT2D eigenvalue weighted by Crippen LogP contribution is -2.42. The normalized spacial score (nSPS) is 16.3. The summed E-state index contributed by atoms with van der Waals surface area (Å²) in [5.41, 5.74) is 2.46. The van der Waals surface area contributed by atoms with Crippen LogP contribution in [0.5, 0.6) is 0 Å². The summed E-state index contributed by atoms with van der Waals surface area (Å²) in [4.78, 5) is 36.6. The number of nitrogens with one attached hydrogen (secondary N) is 3. The van der Waals surface area contributed by atoms with E-state index in [9.17, 15) is 14.4 Å². The fourth-order valence-electron chi connectivity index (χ4n) is 2.82. The van der Waals surface area contributed by atoms with Crippen molar-refractivity contribution in [3.05, 3.63) is 46.8 Å². The Kier molecular flexibility index (Phi) is 5.01. The molecule has 0 aliphatic carbocycles. The van der Waals surface area contributed by atoms with Crippen LogP contribution in [-0.4, -0.2) is 28.9 Å². The molecule has 2 aromatic rings. The van der Waals surface area contributed by atoms with E-state index >= 15 is 0 Å². The Morgan fingerprint density at radius 2 is 2.04 bits per heavy atom. The molecule has 2 heterocycles. The maximum atomic E-state index is 12.3. The number of nitrogens with zero attached hydrogens (tertiary/aromatic N) is 1. The van der Waals surface area contributed by atoms with Gasteiger partial charge >= 0.3 is 0 Å². The Bertz CT molecular complexity index is 839. The lowest BCUT2D eigenvalue weighted by molar-refractivity contribution is -0.122. The summed E-state index contributed by atoms with van der Waals surface area (Å²) in [6.07, 6.45) is 0.317. The third kappa shape index (κ3) is 3.74. The van der Waals surface area contributed by atoms with Crippen LogP contribution < -0.4 is 16.0 Å². The number of benzene rings is 1. The topological polar surface area (TPSA) is 113 Å². The van der Waals surface area contributed by atoms with Crippen LogP contribution in [-0.2, 0) is 16.1 Å². The van der Waals surface area contributed by atoms with Gasteiger partial charge in [-0.1, -0.05) is 17.3 Å². The van der Waals surface area contributed by atoms with Crippen LogP contribution in [0.3, 0.4) is 0 Å². The average molecular weight is 356 g/mol. The summed E-state index contributed by atoms with van der Waals surface area (Å²) < 4.78 is 5.05. The lowest BCUT2D eigenvalue weighted by Gasteiger charge is -2.14. The zero-order valence-electron chi connectivity index (χ0n) is 14.6. The number of carbonyl (C=O) groups excluding carboxylic acids is 3. The number of para-hydroxylation sites is 1. The third-order valence-electron chi connectivity index (χ3n) is 4.35. The summed E-state index contributed by atoms with van der Waals surface area (Å²) in [5, 5.41) is 12.0. The summed E-state index contributed by atoms with van der Waals surface area (Å²) in [6, 6.07) is 6.02. The van der Waals surface area contributed by atoms with Gasteiger partial charge in [-0.15, -0.1) is 0 Å². The summed E-state index contributed by atoms with van der Waals surface area (Å²) in [7, 11) is 0. The first-order valence-electron chi connectivity index (χ1n) is 8.35. The molecule has 1 aliphatic heterocycles. The molecule has 136 valence electrons. The van der Waals surface area contributed by atoms with Crippen molar-refractivity contribution in [2.45, 2.75) is 39.3 Å². The van der Waals surface area contributed by atoms with E-state index in [4.69, 9.17) is 4.52 Å². The van der Waals surface area contributed by atoms with Gasteiger partial charge in [-0.3, -0.25) is 14.4 Å². The van der Waals surface area contributed by atoms with Gasteiger partial charge in [0, 0.05) is 18.5 Å². The fraction of sp³-hybridized carbons (Fsp3) is 0.333. The predicted molar refractivity (Wildman–Crippen MR) is 93.4 cm³/mol. The van der Waals surface area contributed by atoms with Crippen LogP contribution >= 0.6 is 0 Å². The Balaban J connectivity index is 1.55. The number of carbonyl (C=O) groups is 3. The first kappa shape index (κ1) is 17.7. The molecule has 3 N–H and O–H groups in total. The minimum absolute atomic E-state index is 0.109. The number of hydrogen-bond donors (Lipinski definition) is 3. The molecule has 1 aliphatic rings. The molecule has 0 fully saturated rings. The molecule has 26 heavy (non-hydrogen) atoms. The quantitative estimate of drug-likeness (QED) is 0.750. The minimum atomic E-state index is -0.764. The first-order valence-corrected chi connectivity index (χ1v) is 8.35. The number of amides is 3. The van der Waals surface area contributed by atoms with Crippen molar-refractivity contribution < 1.29 is 18.9 Å². The number of anilines is 1. The van der Waals surface area contributed by atoms with E-state index in [0.29, 0.717) is 23.6 Å². The molecule has 0 bridgehead atoms. The highest BCUT2D eigenvalue weighted by atomic mass is 16.5. The Morgan fingerprint density at radius 1 is 1.27 bits per heavy atom. The molecule has 0 spiro atoms. The second kappa shape index (κ2) is 7.38. The average Bonchev–Trinajstić information content (AvgIpc) is 2.88. The van der Waals surface area contributed by atoms with E-state index in [2.05, 4.69) is 21.1 Å². The highest BCUT2D eigenvalue weighted by Crippen LogP contribution is 2.19. The molecular weight excluding hydrogens is 336 g/mol. The van der Waals surface area contributed by atoms with Gasteiger partial charge in [0.2, 0.25) is 11.8 Å². The van der Waals surface area contributed by atoms with Gasteiger partial charge < -0.3 is 20.5 Å². The van der Waals surface area contributed by atoms with E-state index in [1.54, 1.807) is 38.1 Å². The number of hydrogen-bond acceptors (Lipinski definition) is 5. The standard InChI is InChI=1S/C18H20N4O4/c1-10-13(11(2)26-22-10)9-19-16(23)8-7-15-18(25)20-14-6-4-3-5-12(14)17(24)21-15/h3-6,15H,7-9H2,1-2H3,(H,19,23)(H,20,25)(H,21,24)/t15-/m1/s1. The summed E-state index contributed by atoms with van der Waals surface area (Å²) >= 11 is 0. The SMILES string of the molecule is Cc1noc(C)c1CNC(=O)CC[C@H]1NC(=O)c2ccccc2NC1=O. The van der Waals surface area contributed by atoms with Gasteiger partial charge in [-0.05, 0) is 32.4 Å². The predicted octanol–water partition coefficient (Wildman–Crippen LogP) is 1.44. The van der Waals surface area contributed by atoms with Crippen molar-refractivity contribution in [3.63, 3.8) is 0 Å². The van der Waals surface area contributed by atoms with Gasteiger partial charge in [0.05, 0.1) is 16.9 Å². The molecule has 0 saturated carbocycles. The Morgan fingerprint density at radius 3 is 2.77 bits per heavy atom. The van der Waals surface area contributed by atoms with Crippen LogP contribution in [0.4, 0.5) is 5.69 Å². The van der Waals surface area contributed by atoms with Crippen molar-refractivity contribution in [2.24, 2.45) is 0 Å². The maximum Gasteiger partial charge on any atom is 0.254 e. The number of aromatic nitrogens is 1. The van der Waals surface area contributed by atoms with Crippen LogP contribution in [0.15, 0.2) is 28.8 Å². The molecule has 1 atom stereocenters. The molecule has 1 aromatic heterocycles. The first-order chi connectivity index (χ1) is 12.5. The summed E-state index contributed by atoms with van der Waals surface area (Å²) in [5.74, 6) is -0.216. The van der Waals surface area contributed by atoms with Gasteiger partial charge in [-0.2, -0.15) is 0 Å². The Labute approximate surface area is 150 Å². The monoisotopic (exact) mass is 356 g/mol. The molecule has 8 heteroatoms. The van der Waals surface area contributed by atoms with Gasteiger partial charge in [0.1, 0.15) is 11.8 Å². The Hall–Kier alpha value is -3.16. The fourth-order valence-corrected chi connectivity index (χ4v) is 2.82. The van der Waals surface area contributed by atoms with Crippen molar-refractivity contribution in [1.82, 2.24) is 15.8 Å². The van der Waals surface area contributed by atoms with Gasteiger partial charge in [0.25, 0.3) is 5.91 Å². The largest absolute Gasteiger partial charge is 0.361 e. The molecule has 1 aromatic carbocycles. The van der Waals surface area contributed by atoms with Crippen LogP contribution in [0.2, 0.25) is 0 Å². The molecule has 0 unspecified atom stereocenters. The molecular formula is C18H20N4O4. The van der Waals surface area contributed by atoms with Gasteiger partial charge in [0.15, 0.2) is 0 Å². The van der Waals surface area contributed by atoms with Crippen LogP contribution in [0.1, 0.15) is 40.2 Å². The van der Waals surface area contributed by atoms with Crippen molar-refractivity contribution >= 4 is 23.4 Å². The van der Waals surface area contributed by atoms with E-state index < -0.39 is 6.04 Å². The highest BCUT2D eigenvalue weighted by Gasteiger charge is 2.27.